The number of carbonyl (C=O) groups is 2. The Morgan fingerprint density at radius 3 is 2.76 bits per heavy atom. The second-order valence-electron chi connectivity index (χ2n) is 6.58. The number of piperidine rings is 1. The van der Waals surface area contributed by atoms with Gasteiger partial charge in [0.1, 0.15) is 23.6 Å². The van der Waals surface area contributed by atoms with E-state index in [9.17, 15) is 9.59 Å². The van der Waals surface area contributed by atoms with Gasteiger partial charge in [0.15, 0.2) is 0 Å². The summed E-state index contributed by atoms with van der Waals surface area (Å²) in [5.74, 6) is 0.105. The molecule has 0 aromatic heterocycles. The fraction of sp³-hybridized carbons (Fsp3) is 0.286. The molecule has 1 saturated heterocycles. The number of nitriles is 1. The van der Waals surface area contributed by atoms with Gasteiger partial charge in [0.05, 0.1) is 17.7 Å². The van der Waals surface area contributed by atoms with Crippen LogP contribution in [0.4, 0.5) is 0 Å². The topological polar surface area (TPSA) is 100 Å². The Labute approximate surface area is 173 Å². The van der Waals surface area contributed by atoms with Crippen molar-refractivity contribution in [3.05, 3.63) is 58.6 Å². The van der Waals surface area contributed by atoms with Gasteiger partial charge >= 0.3 is 5.97 Å². The number of benzene rings is 2. The maximum atomic E-state index is 12.6. The van der Waals surface area contributed by atoms with Crippen molar-refractivity contribution in [2.75, 3.05) is 13.7 Å². The van der Waals surface area contributed by atoms with Crippen LogP contribution in [-0.2, 0) is 9.53 Å². The highest BCUT2D eigenvalue weighted by Crippen LogP contribution is 2.31. The Bertz CT molecular complexity index is 957. The van der Waals surface area contributed by atoms with Crippen molar-refractivity contribution >= 4 is 23.5 Å². The van der Waals surface area contributed by atoms with Crippen molar-refractivity contribution in [3.63, 3.8) is 0 Å². The zero-order valence-electron chi connectivity index (χ0n) is 15.8. The Kier molecular flexibility index (Phi) is 6.70. The summed E-state index contributed by atoms with van der Waals surface area (Å²) in [5.41, 5.74) is 0.764. The number of amides is 1. The summed E-state index contributed by atoms with van der Waals surface area (Å²) >= 11 is 6.29. The van der Waals surface area contributed by atoms with Gasteiger partial charge in [-0.3, -0.25) is 9.59 Å². The largest absolute Gasteiger partial charge is 0.468 e. The zero-order valence-corrected chi connectivity index (χ0v) is 16.5. The summed E-state index contributed by atoms with van der Waals surface area (Å²) in [4.78, 5) is 24.3. The SMILES string of the molecule is COC(=O)C1CC(NC(=O)c2ccc(Oc3ccccc3C#N)c(Cl)c2)CCN1. The molecule has 2 unspecified atom stereocenters. The van der Waals surface area contributed by atoms with Crippen LogP contribution in [0, 0.1) is 11.3 Å². The molecule has 2 N–H and O–H groups in total. The number of halogens is 1. The Hall–Kier alpha value is -3.08. The molecule has 0 spiro atoms. The smallest absolute Gasteiger partial charge is 0.322 e. The number of nitrogens with one attached hydrogen (secondary N) is 2. The second kappa shape index (κ2) is 9.41. The van der Waals surface area contributed by atoms with E-state index in [0.29, 0.717) is 42.0 Å². The highest BCUT2D eigenvalue weighted by molar-refractivity contribution is 6.32. The highest BCUT2D eigenvalue weighted by Gasteiger charge is 2.28. The Morgan fingerprint density at radius 1 is 1.24 bits per heavy atom. The van der Waals surface area contributed by atoms with Gasteiger partial charge in [0, 0.05) is 11.6 Å². The normalized spacial score (nSPS) is 18.4. The molecule has 2 aromatic rings. The predicted molar refractivity (Wildman–Crippen MR) is 107 cm³/mol. The lowest BCUT2D eigenvalue weighted by Crippen LogP contribution is -2.51. The molecule has 8 heteroatoms. The molecular formula is C21H20ClN3O4. The van der Waals surface area contributed by atoms with Crippen LogP contribution in [0.5, 0.6) is 11.5 Å². The molecule has 29 heavy (non-hydrogen) atoms. The molecule has 150 valence electrons. The molecule has 0 aliphatic carbocycles. The van der Waals surface area contributed by atoms with E-state index in [0.717, 1.165) is 0 Å². The quantitative estimate of drug-likeness (QED) is 0.731. The first-order chi connectivity index (χ1) is 14.0. The number of rotatable bonds is 5. The summed E-state index contributed by atoms with van der Waals surface area (Å²) in [6, 6.07) is 13.0. The monoisotopic (exact) mass is 413 g/mol. The van der Waals surface area contributed by atoms with E-state index in [-0.39, 0.29) is 22.9 Å². The molecule has 1 heterocycles. The molecular weight excluding hydrogens is 394 g/mol. The maximum absolute atomic E-state index is 12.6. The number of esters is 1. The van der Waals surface area contributed by atoms with Crippen LogP contribution in [-0.4, -0.2) is 37.6 Å². The molecule has 1 aliphatic heterocycles. The van der Waals surface area contributed by atoms with Gasteiger partial charge in [-0.1, -0.05) is 23.7 Å². The van der Waals surface area contributed by atoms with E-state index in [1.165, 1.54) is 13.2 Å². The third-order valence-corrected chi connectivity index (χ3v) is 4.94. The minimum Gasteiger partial charge on any atom is -0.468 e. The highest BCUT2D eigenvalue weighted by atomic mass is 35.5. The van der Waals surface area contributed by atoms with E-state index < -0.39 is 6.04 Å². The van der Waals surface area contributed by atoms with Gasteiger partial charge in [0.2, 0.25) is 0 Å². The summed E-state index contributed by atoms with van der Waals surface area (Å²) in [7, 11) is 1.34. The average molecular weight is 414 g/mol. The summed E-state index contributed by atoms with van der Waals surface area (Å²) in [6.45, 7) is 0.608. The van der Waals surface area contributed by atoms with E-state index in [1.54, 1.807) is 36.4 Å². The van der Waals surface area contributed by atoms with Crippen molar-refractivity contribution < 1.29 is 19.1 Å². The second-order valence-corrected chi connectivity index (χ2v) is 6.99. The van der Waals surface area contributed by atoms with Crippen LogP contribution in [0.3, 0.4) is 0 Å². The fourth-order valence-corrected chi connectivity index (χ4v) is 3.35. The lowest BCUT2D eigenvalue weighted by molar-refractivity contribution is -0.143. The van der Waals surface area contributed by atoms with Crippen molar-refractivity contribution in [1.29, 1.82) is 5.26 Å². The van der Waals surface area contributed by atoms with Crippen LogP contribution in [0.2, 0.25) is 5.02 Å². The van der Waals surface area contributed by atoms with Gasteiger partial charge in [-0.05, 0) is 49.7 Å². The number of nitrogens with zero attached hydrogens (tertiary/aromatic N) is 1. The van der Waals surface area contributed by atoms with Crippen LogP contribution in [0.25, 0.3) is 0 Å². The summed E-state index contributed by atoms with van der Waals surface area (Å²) < 4.78 is 10.5. The number of carbonyl (C=O) groups excluding carboxylic acids is 2. The first kappa shape index (κ1) is 20.6. The first-order valence-corrected chi connectivity index (χ1v) is 9.48. The van der Waals surface area contributed by atoms with Crippen LogP contribution >= 0.6 is 11.6 Å². The summed E-state index contributed by atoms with van der Waals surface area (Å²) in [5, 5.41) is 15.4. The first-order valence-electron chi connectivity index (χ1n) is 9.10. The third-order valence-electron chi connectivity index (χ3n) is 4.65. The van der Waals surface area contributed by atoms with E-state index in [2.05, 4.69) is 16.7 Å². The van der Waals surface area contributed by atoms with Crippen LogP contribution < -0.4 is 15.4 Å². The van der Waals surface area contributed by atoms with Crippen molar-refractivity contribution in [2.24, 2.45) is 0 Å². The van der Waals surface area contributed by atoms with Crippen molar-refractivity contribution in [2.45, 2.75) is 24.9 Å². The molecule has 0 bridgehead atoms. The lowest BCUT2D eigenvalue weighted by atomic mass is 9.99. The zero-order chi connectivity index (χ0) is 20.8. The van der Waals surface area contributed by atoms with Gasteiger partial charge < -0.3 is 20.1 Å². The number of para-hydroxylation sites is 1. The maximum Gasteiger partial charge on any atom is 0.322 e. The van der Waals surface area contributed by atoms with Crippen LogP contribution in [0.15, 0.2) is 42.5 Å². The summed E-state index contributed by atoms with van der Waals surface area (Å²) in [6.07, 6.45) is 1.16. The molecule has 0 saturated carbocycles. The number of hydrogen-bond donors (Lipinski definition) is 2. The molecule has 3 rings (SSSR count). The number of methoxy groups -OCH3 is 1. The standard InChI is InChI=1S/C21H20ClN3O4/c1-28-21(27)17-11-15(8-9-24-17)25-20(26)13-6-7-19(16(22)10-13)29-18-5-3-2-4-14(18)12-23/h2-7,10,15,17,24H,8-9,11H2,1H3,(H,25,26). The fourth-order valence-electron chi connectivity index (χ4n) is 3.13. The molecule has 1 fully saturated rings. The molecule has 2 aromatic carbocycles. The third kappa shape index (κ3) is 5.05. The van der Waals surface area contributed by atoms with Gasteiger partial charge in [-0.2, -0.15) is 5.26 Å². The molecule has 1 aliphatic rings. The number of ether oxygens (including phenoxy) is 2. The molecule has 7 nitrogen and oxygen atoms in total. The lowest BCUT2D eigenvalue weighted by Gasteiger charge is -2.29. The van der Waals surface area contributed by atoms with Crippen molar-refractivity contribution in [3.8, 4) is 17.6 Å². The molecule has 0 radical (unpaired) electrons. The van der Waals surface area contributed by atoms with Gasteiger partial charge in [-0.15, -0.1) is 0 Å². The van der Waals surface area contributed by atoms with Crippen molar-refractivity contribution in [1.82, 2.24) is 10.6 Å². The molecule has 2 atom stereocenters. The van der Waals surface area contributed by atoms with E-state index in [1.807, 2.05) is 0 Å². The van der Waals surface area contributed by atoms with E-state index >= 15 is 0 Å². The van der Waals surface area contributed by atoms with Gasteiger partial charge in [0.25, 0.3) is 5.91 Å². The number of hydrogen-bond acceptors (Lipinski definition) is 6. The minimum atomic E-state index is -0.432. The predicted octanol–water partition coefficient (Wildman–Crippen LogP) is 3.03. The Balaban J connectivity index is 1.67. The minimum absolute atomic E-state index is 0.148. The molecule has 1 amide bonds. The average Bonchev–Trinajstić information content (AvgIpc) is 2.75. The van der Waals surface area contributed by atoms with Gasteiger partial charge in [-0.25, -0.2) is 0 Å². The Morgan fingerprint density at radius 2 is 2.03 bits per heavy atom. The van der Waals surface area contributed by atoms with Crippen LogP contribution in [0.1, 0.15) is 28.8 Å². The van der Waals surface area contributed by atoms with E-state index in [4.69, 9.17) is 26.3 Å².